The summed E-state index contributed by atoms with van der Waals surface area (Å²) >= 11 is 7.35. The van der Waals surface area contributed by atoms with Gasteiger partial charge in [0.25, 0.3) is 0 Å². The number of esters is 1. The van der Waals surface area contributed by atoms with Gasteiger partial charge < -0.3 is 14.4 Å². The number of anilines is 1. The predicted octanol–water partition coefficient (Wildman–Crippen LogP) is 3.90. The van der Waals surface area contributed by atoms with Crippen LogP contribution < -0.4 is 4.90 Å². The first-order valence-electron chi connectivity index (χ1n) is 8.32. The molecule has 0 bridgehead atoms. The molecular formula is C16H23ClN2O3S. The van der Waals surface area contributed by atoms with Gasteiger partial charge in [0, 0.05) is 13.1 Å². The maximum atomic E-state index is 11.6. The maximum Gasteiger partial charge on any atom is 0.351 e. The molecule has 7 heteroatoms. The number of halogens is 1. The quantitative estimate of drug-likeness (QED) is 0.764. The van der Waals surface area contributed by atoms with E-state index >= 15 is 0 Å². The fourth-order valence-corrected chi connectivity index (χ4v) is 4.55. The normalized spacial score (nSPS) is 20.7. The van der Waals surface area contributed by atoms with Crippen molar-refractivity contribution in [2.24, 2.45) is 0 Å². The lowest BCUT2D eigenvalue weighted by molar-refractivity contribution is -0.0395. The molecule has 0 amide bonds. The fourth-order valence-electron chi connectivity index (χ4n) is 3.30. The summed E-state index contributed by atoms with van der Waals surface area (Å²) < 4.78 is 11.0. The van der Waals surface area contributed by atoms with Crippen molar-refractivity contribution in [3.63, 3.8) is 0 Å². The van der Waals surface area contributed by atoms with Crippen LogP contribution in [-0.4, -0.2) is 43.4 Å². The third-order valence-electron chi connectivity index (χ3n) is 4.59. The van der Waals surface area contributed by atoms with E-state index in [2.05, 4.69) is 9.88 Å². The SMILES string of the molecule is COC(=O)c1sc(N2CCC(OC3CCCCC3)CC2)nc1Cl. The number of ether oxygens (including phenoxy) is 2. The predicted molar refractivity (Wildman–Crippen MR) is 91.7 cm³/mol. The highest BCUT2D eigenvalue weighted by Crippen LogP contribution is 2.32. The molecule has 5 nitrogen and oxygen atoms in total. The van der Waals surface area contributed by atoms with Gasteiger partial charge in [-0.05, 0) is 25.7 Å². The molecule has 23 heavy (non-hydrogen) atoms. The molecule has 0 atom stereocenters. The molecule has 1 aliphatic carbocycles. The molecule has 0 radical (unpaired) electrons. The molecule has 0 unspecified atom stereocenters. The number of rotatable bonds is 4. The van der Waals surface area contributed by atoms with Gasteiger partial charge in [0.2, 0.25) is 0 Å². The minimum atomic E-state index is -0.422. The molecule has 3 rings (SSSR count). The van der Waals surface area contributed by atoms with Crippen molar-refractivity contribution in [1.82, 2.24) is 4.98 Å². The molecule has 1 saturated heterocycles. The van der Waals surface area contributed by atoms with Gasteiger partial charge in [-0.1, -0.05) is 42.2 Å². The standard InChI is InChI=1S/C16H23ClN2O3S/c1-21-15(20)13-14(17)18-16(23-13)19-9-7-12(8-10-19)22-11-5-3-2-4-6-11/h11-12H,2-10H2,1H3. The van der Waals surface area contributed by atoms with E-state index < -0.39 is 5.97 Å². The minimum Gasteiger partial charge on any atom is -0.465 e. The van der Waals surface area contributed by atoms with Crippen molar-refractivity contribution in [2.75, 3.05) is 25.1 Å². The van der Waals surface area contributed by atoms with Gasteiger partial charge in [-0.2, -0.15) is 0 Å². The van der Waals surface area contributed by atoms with E-state index in [4.69, 9.17) is 21.1 Å². The third-order valence-corrected chi connectivity index (χ3v) is 6.08. The smallest absolute Gasteiger partial charge is 0.351 e. The Balaban J connectivity index is 1.53. The number of thiazole rings is 1. The van der Waals surface area contributed by atoms with E-state index in [0.717, 1.165) is 31.1 Å². The Hall–Kier alpha value is -0.850. The first-order chi connectivity index (χ1) is 11.2. The first-order valence-corrected chi connectivity index (χ1v) is 9.52. The van der Waals surface area contributed by atoms with Crippen LogP contribution in [0.4, 0.5) is 5.13 Å². The molecule has 1 aromatic heterocycles. The van der Waals surface area contributed by atoms with Gasteiger partial charge in [-0.3, -0.25) is 0 Å². The lowest BCUT2D eigenvalue weighted by Gasteiger charge is -2.34. The van der Waals surface area contributed by atoms with Crippen LogP contribution in [0.2, 0.25) is 5.15 Å². The van der Waals surface area contributed by atoms with Crippen LogP contribution in [0.25, 0.3) is 0 Å². The second-order valence-electron chi connectivity index (χ2n) is 6.19. The molecule has 2 aliphatic rings. The van der Waals surface area contributed by atoms with E-state index in [9.17, 15) is 4.79 Å². The lowest BCUT2D eigenvalue weighted by atomic mass is 9.97. The molecule has 0 aromatic carbocycles. The van der Waals surface area contributed by atoms with Crippen molar-refractivity contribution >= 4 is 34.0 Å². The van der Waals surface area contributed by atoms with Crippen LogP contribution >= 0.6 is 22.9 Å². The van der Waals surface area contributed by atoms with Gasteiger partial charge in [-0.15, -0.1) is 0 Å². The number of hydrogen-bond donors (Lipinski definition) is 0. The number of methoxy groups -OCH3 is 1. The summed E-state index contributed by atoms with van der Waals surface area (Å²) in [6, 6.07) is 0. The Morgan fingerprint density at radius 1 is 1.17 bits per heavy atom. The van der Waals surface area contributed by atoms with Gasteiger partial charge in [-0.25, -0.2) is 9.78 Å². The second-order valence-corrected chi connectivity index (χ2v) is 7.53. The van der Waals surface area contributed by atoms with E-state index in [1.807, 2.05) is 0 Å². The number of carbonyl (C=O) groups is 1. The van der Waals surface area contributed by atoms with Crippen LogP contribution in [0.5, 0.6) is 0 Å². The summed E-state index contributed by atoms with van der Waals surface area (Å²) in [4.78, 5) is 18.5. The highest BCUT2D eigenvalue weighted by atomic mass is 35.5. The Bertz CT molecular complexity index is 537. The van der Waals surface area contributed by atoms with Crippen molar-refractivity contribution in [3.8, 4) is 0 Å². The van der Waals surface area contributed by atoms with E-state index in [1.54, 1.807) is 0 Å². The second kappa shape index (κ2) is 7.81. The lowest BCUT2D eigenvalue weighted by Crippen LogP contribution is -2.38. The molecular weight excluding hydrogens is 336 g/mol. The van der Waals surface area contributed by atoms with Crippen LogP contribution in [0.15, 0.2) is 0 Å². The van der Waals surface area contributed by atoms with E-state index in [1.165, 1.54) is 50.6 Å². The van der Waals surface area contributed by atoms with Crippen LogP contribution in [0.1, 0.15) is 54.6 Å². The highest BCUT2D eigenvalue weighted by Gasteiger charge is 2.27. The zero-order chi connectivity index (χ0) is 16.2. The summed E-state index contributed by atoms with van der Waals surface area (Å²) in [7, 11) is 1.35. The minimum absolute atomic E-state index is 0.234. The molecule has 1 saturated carbocycles. The Kier molecular flexibility index (Phi) is 5.77. The molecule has 128 valence electrons. The zero-order valence-corrected chi connectivity index (χ0v) is 15.0. The molecule has 1 aromatic rings. The van der Waals surface area contributed by atoms with E-state index in [0.29, 0.717) is 17.1 Å². The van der Waals surface area contributed by atoms with Gasteiger partial charge in [0.05, 0.1) is 19.3 Å². The Morgan fingerprint density at radius 2 is 1.83 bits per heavy atom. The molecule has 0 spiro atoms. The highest BCUT2D eigenvalue weighted by molar-refractivity contribution is 7.18. The first kappa shape index (κ1) is 17.0. The monoisotopic (exact) mass is 358 g/mol. The summed E-state index contributed by atoms with van der Waals surface area (Å²) in [5, 5.41) is 1.03. The number of carbonyl (C=O) groups excluding carboxylic acids is 1. The van der Waals surface area contributed by atoms with Crippen molar-refractivity contribution < 1.29 is 14.3 Å². The fraction of sp³-hybridized carbons (Fsp3) is 0.750. The van der Waals surface area contributed by atoms with Gasteiger partial charge >= 0.3 is 5.97 Å². The van der Waals surface area contributed by atoms with Crippen molar-refractivity contribution in [3.05, 3.63) is 10.0 Å². The van der Waals surface area contributed by atoms with Crippen LogP contribution in [-0.2, 0) is 9.47 Å². The summed E-state index contributed by atoms with van der Waals surface area (Å²) in [5.74, 6) is -0.422. The number of hydrogen-bond acceptors (Lipinski definition) is 6. The molecule has 2 heterocycles. The third kappa shape index (κ3) is 4.17. The van der Waals surface area contributed by atoms with Gasteiger partial charge in [0.1, 0.15) is 0 Å². The van der Waals surface area contributed by atoms with Crippen LogP contribution in [0, 0.1) is 0 Å². The summed E-state index contributed by atoms with van der Waals surface area (Å²) in [6.07, 6.45) is 9.20. The Labute approximate surface area is 145 Å². The van der Waals surface area contributed by atoms with Crippen LogP contribution in [0.3, 0.4) is 0 Å². The number of aromatic nitrogens is 1. The zero-order valence-electron chi connectivity index (χ0n) is 13.4. The average Bonchev–Trinajstić information content (AvgIpc) is 2.97. The topological polar surface area (TPSA) is 51.7 Å². The summed E-state index contributed by atoms with van der Waals surface area (Å²) in [5.41, 5.74) is 0. The molecule has 2 fully saturated rings. The van der Waals surface area contributed by atoms with Crippen molar-refractivity contribution in [1.29, 1.82) is 0 Å². The van der Waals surface area contributed by atoms with Crippen molar-refractivity contribution in [2.45, 2.75) is 57.2 Å². The largest absolute Gasteiger partial charge is 0.465 e. The number of piperidine rings is 1. The molecule has 1 aliphatic heterocycles. The average molecular weight is 359 g/mol. The van der Waals surface area contributed by atoms with E-state index in [-0.39, 0.29) is 5.15 Å². The maximum absolute atomic E-state index is 11.6. The van der Waals surface area contributed by atoms with Gasteiger partial charge in [0.15, 0.2) is 15.2 Å². The number of nitrogens with zero attached hydrogens (tertiary/aromatic N) is 2. The molecule has 0 N–H and O–H groups in total. The Morgan fingerprint density at radius 3 is 2.48 bits per heavy atom. The summed E-state index contributed by atoms with van der Waals surface area (Å²) in [6.45, 7) is 1.78.